The number of rotatable bonds is 10. The minimum atomic E-state index is -0.801. The van der Waals surface area contributed by atoms with Crippen LogP contribution in [0.5, 0.6) is 17.2 Å². The summed E-state index contributed by atoms with van der Waals surface area (Å²) in [7, 11) is 3.08. The van der Waals surface area contributed by atoms with Crippen molar-refractivity contribution in [3.63, 3.8) is 0 Å². The number of methoxy groups -OCH3 is 2. The van der Waals surface area contributed by atoms with Crippen molar-refractivity contribution < 1.29 is 23.7 Å². The smallest absolute Gasteiger partial charge is 0.338 e. The minimum absolute atomic E-state index is 0.189. The second-order valence-corrected chi connectivity index (χ2v) is 11.1. The zero-order valence-corrected chi connectivity index (χ0v) is 26.0. The third-order valence-electron chi connectivity index (χ3n) is 6.21. The van der Waals surface area contributed by atoms with E-state index < -0.39 is 12.0 Å². The van der Waals surface area contributed by atoms with E-state index in [1.165, 1.54) is 18.4 Å². The highest BCUT2D eigenvalue weighted by molar-refractivity contribution is 9.10. The molecule has 0 N–H and O–H groups in total. The number of benzene rings is 2. The first kappa shape index (κ1) is 29.9. The van der Waals surface area contributed by atoms with Gasteiger partial charge in [-0.2, -0.15) is 0 Å². The number of carbonyl (C=O) groups is 1. The topological polar surface area (TPSA) is 88.4 Å². The highest BCUT2D eigenvalue weighted by atomic mass is 79.9. The molecule has 1 aromatic heterocycles. The first-order valence-corrected chi connectivity index (χ1v) is 14.8. The Bertz CT molecular complexity index is 1650. The van der Waals surface area contributed by atoms with Crippen LogP contribution >= 0.6 is 38.9 Å². The van der Waals surface area contributed by atoms with Gasteiger partial charge in [0.1, 0.15) is 11.8 Å². The van der Waals surface area contributed by atoms with Crippen LogP contribution in [0, 0.1) is 0 Å². The molecular formula is C29H30BrClN2O6S. The largest absolute Gasteiger partial charge is 0.496 e. The Morgan fingerprint density at radius 3 is 2.55 bits per heavy atom. The molecule has 2 aromatic carbocycles. The van der Waals surface area contributed by atoms with E-state index in [9.17, 15) is 9.59 Å². The molecule has 1 atom stereocenters. The fraction of sp³-hybridized carbons (Fsp3) is 0.345. The number of aromatic nitrogens is 1. The van der Waals surface area contributed by atoms with Crippen LogP contribution in [0.25, 0.3) is 6.08 Å². The number of halogens is 2. The summed E-state index contributed by atoms with van der Waals surface area (Å²) < 4.78 is 25.0. The predicted octanol–water partition coefficient (Wildman–Crippen LogP) is 5.41. The van der Waals surface area contributed by atoms with Crippen LogP contribution < -0.4 is 29.1 Å². The number of thiazole rings is 1. The molecule has 0 saturated heterocycles. The van der Waals surface area contributed by atoms with Gasteiger partial charge in [-0.3, -0.25) is 9.36 Å². The van der Waals surface area contributed by atoms with Gasteiger partial charge in [-0.15, -0.1) is 0 Å². The van der Waals surface area contributed by atoms with E-state index in [1.54, 1.807) is 42.9 Å². The van der Waals surface area contributed by atoms with Crippen LogP contribution in [0.3, 0.4) is 0 Å². The Labute approximate surface area is 249 Å². The van der Waals surface area contributed by atoms with Gasteiger partial charge in [-0.25, -0.2) is 9.79 Å². The maximum atomic E-state index is 14.1. The van der Waals surface area contributed by atoms with Crippen molar-refractivity contribution in [2.75, 3.05) is 27.4 Å². The Morgan fingerprint density at radius 1 is 1.12 bits per heavy atom. The molecule has 0 unspecified atom stereocenters. The maximum Gasteiger partial charge on any atom is 0.338 e. The van der Waals surface area contributed by atoms with Gasteiger partial charge in [0.15, 0.2) is 16.3 Å². The summed E-state index contributed by atoms with van der Waals surface area (Å²) in [6.07, 6.45) is 3.03. The number of nitrogens with zero attached hydrogens (tertiary/aromatic N) is 2. The molecule has 212 valence electrons. The van der Waals surface area contributed by atoms with E-state index in [1.807, 2.05) is 26.0 Å². The van der Waals surface area contributed by atoms with Crippen molar-refractivity contribution in [3.8, 4) is 17.2 Å². The highest BCUT2D eigenvalue weighted by Gasteiger charge is 2.36. The molecule has 2 heterocycles. The normalized spacial score (nSPS) is 15.0. The summed E-state index contributed by atoms with van der Waals surface area (Å²) in [6, 6.07) is 8.18. The molecule has 0 saturated carbocycles. The minimum Gasteiger partial charge on any atom is -0.496 e. The maximum absolute atomic E-state index is 14.1. The van der Waals surface area contributed by atoms with Gasteiger partial charge in [0.25, 0.3) is 5.56 Å². The van der Waals surface area contributed by atoms with E-state index in [0.29, 0.717) is 67.0 Å². The molecule has 40 heavy (non-hydrogen) atoms. The molecule has 0 aliphatic carbocycles. The number of hydrogen-bond donors (Lipinski definition) is 0. The van der Waals surface area contributed by atoms with E-state index in [2.05, 4.69) is 15.9 Å². The van der Waals surface area contributed by atoms with Gasteiger partial charge in [0.2, 0.25) is 0 Å². The van der Waals surface area contributed by atoms with E-state index in [-0.39, 0.29) is 12.2 Å². The molecule has 11 heteroatoms. The van der Waals surface area contributed by atoms with Crippen LogP contribution in [0.15, 0.2) is 55.9 Å². The van der Waals surface area contributed by atoms with Crippen molar-refractivity contribution in [3.05, 3.63) is 81.9 Å². The third-order valence-corrected chi connectivity index (χ3v) is 7.97. The van der Waals surface area contributed by atoms with E-state index in [4.69, 9.17) is 35.5 Å². The first-order valence-electron chi connectivity index (χ1n) is 12.8. The molecule has 3 aromatic rings. The Balaban J connectivity index is 2.03. The molecule has 0 bridgehead atoms. The number of allylic oxidation sites excluding steroid dienone is 1. The number of hydrogen-bond acceptors (Lipinski definition) is 8. The molecule has 0 amide bonds. The van der Waals surface area contributed by atoms with E-state index >= 15 is 0 Å². The summed E-state index contributed by atoms with van der Waals surface area (Å²) in [5, 5.41) is 0.360. The summed E-state index contributed by atoms with van der Waals surface area (Å²) in [6.45, 7) is 6.24. The monoisotopic (exact) mass is 648 g/mol. The average Bonchev–Trinajstić information content (AvgIpc) is 3.22. The Kier molecular flexibility index (Phi) is 9.76. The summed E-state index contributed by atoms with van der Waals surface area (Å²) >= 11 is 11.2. The molecular weight excluding hydrogens is 620 g/mol. The van der Waals surface area contributed by atoms with Crippen molar-refractivity contribution in [1.82, 2.24) is 4.57 Å². The zero-order valence-electron chi connectivity index (χ0n) is 22.9. The second kappa shape index (κ2) is 13.1. The van der Waals surface area contributed by atoms with Gasteiger partial charge in [-0.05, 0) is 62.2 Å². The number of carbonyl (C=O) groups excluding carboxylic acids is 1. The number of fused-ring (bicyclic) bond motifs is 1. The summed E-state index contributed by atoms with van der Waals surface area (Å²) in [5.74, 6) is 0.917. The van der Waals surface area contributed by atoms with Crippen molar-refractivity contribution in [2.24, 2.45) is 4.99 Å². The van der Waals surface area contributed by atoms with Gasteiger partial charge in [0, 0.05) is 10.0 Å². The lowest BCUT2D eigenvalue weighted by molar-refractivity contribution is -0.139. The fourth-order valence-corrected chi connectivity index (χ4v) is 6.31. The molecule has 0 spiro atoms. The quantitative estimate of drug-likeness (QED) is 0.273. The Hall–Kier alpha value is -3.08. The van der Waals surface area contributed by atoms with Crippen molar-refractivity contribution in [2.45, 2.75) is 39.7 Å². The molecule has 0 radical (unpaired) electrons. The van der Waals surface area contributed by atoms with E-state index in [0.717, 1.165) is 10.9 Å². The van der Waals surface area contributed by atoms with Gasteiger partial charge in [0.05, 0.1) is 48.3 Å². The van der Waals surface area contributed by atoms with Crippen LogP contribution in [-0.2, 0) is 9.53 Å². The van der Waals surface area contributed by atoms with Gasteiger partial charge < -0.3 is 18.9 Å². The zero-order chi connectivity index (χ0) is 29.0. The SMILES string of the molecule is CCCC1=C(C(=O)OCC)[C@H](c2cc(Br)ccc2OC)n2c(s/c(=C/c3cc(Cl)c(OC)c(OCC)c3)c2=O)=N1. The highest BCUT2D eigenvalue weighted by Crippen LogP contribution is 2.39. The third kappa shape index (κ3) is 5.84. The standard InChI is InChI=1S/C29H30BrClN2O6S/c1-6-9-20-24(28(35)39-8-3)25(18-15-17(30)10-11-21(18)36-4)33-27(34)23(40-29(33)32-20)14-16-12-19(31)26(37-5)22(13-16)38-7-2/h10-15,25H,6-9H2,1-5H3/b23-14+/t25-/m0/s1. The molecule has 4 rings (SSSR count). The summed E-state index contributed by atoms with van der Waals surface area (Å²) in [4.78, 5) is 32.8. The molecule has 1 aliphatic rings. The van der Waals surface area contributed by atoms with Crippen LogP contribution in [0.1, 0.15) is 50.8 Å². The Morgan fingerprint density at radius 2 is 1.90 bits per heavy atom. The lowest BCUT2D eigenvalue weighted by atomic mass is 9.93. The van der Waals surface area contributed by atoms with Crippen molar-refractivity contribution in [1.29, 1.82) is 0 Å². The summed E-state index contributed by atoms with van der Waals surface area (Å²) in [5.41, 5.74) is 1.91. The van der Waals surface area contributed by atoms with Crippen molar-refractivity contribution >= 4 is 50.9 Å². The number of esters is 1. The van der Waals surface area contributed by atoms with Gasteiger partial charge in [-0.1, -0.05) is 52.2 Å². The second-order valence-electron chi connectivity index (χ2n) is 8.77. The van der Waals surface area contributed by atoms with Crippen LogP contribution in [-0.4, -0.2) is 38.0 Å². The molecule has 0 fully saturated rings. The molecule has 8 nitrogen and oxygen atoms in total. The predicted molar refractivity (Wildman–Crippen MR) is 159 cm³/mol. The average molecular weight is 650 g/mol. The van der Waals surface area contributed by atoms with Crippen LogP contribution in [0.4, 0.5) is 0 Å². The number of ether oxygens (including phenoxy) is 4. The lowest BCUT2D eigenvalue weighted by Gasteiger charge is -2.27. The molecule has 1 aliphatic heterocycles. The van der Waals surface area contributed by atoms with Crippen LogP contribution in [0.2, 0.25) is 5.02 Å². The fourth-order valence-electron chi connectivity index (χ4n) is 4.62. The van der Waals surface area contributed by atoms with Gasteiger partial charge >= 0.3 is 5.97 Å². The lowest BCUT2D eigenvalue weighted by Crippen LogP contribution is -2.40. The first-order chi connectivity index (χ1) is 19.3.